The van der Waals surface area contributed by atoms with Crippen molar-refractivity contribution in [3.05, 3.63) is 30.1 Å². The molecule has 0 radical (unpaired) electrons. The summed E-state index contributed by atoms with van der Waals surface area (Å²) in [6.45, 7) is 3.67. The van der Waals surface area contributed by atoms with Crippen LogP contribution in [-0.2, 0) is 10.0 Å². The van der Waals surface area contributed by atoms with Crippen molar-refractivity contribution in [1.82, 2.24) is 4.72 Å². The number of sulfonamides is 1. The van der Waals surface area contributed by atoms with E-state index in [2.05, 4.69) is 4.72 Å². The zero-order valence-corrected chi connectivity index (χ0v) is 11.2. The molecule has 0 saturated carbocycles. The first-order valence-electron chi connectivity index (χ1n) is 5.80. The lowest BCUT2D eigenvalue weighted by molar-refractivity contribution is 0.118. The predicted molar refractivity (Wildman–Crippen MR) is 67.1 cm³/mol. The minimum atomic E-state index is -3.77. The summed E-state index contributed by atoms with van der Waals surface area (Å²) < 4.78 is 38.8. The highest BCUT2D eigenvalue weighted by Crippen LogP contribution is 2.11. The second-order valence-electron chi connectivity index (χ2n) is 4.26. The molecule has 0 aliphatic heterocycles. The molecule has 0 amide bonds. The molecule has 2 unspecified atom stereocenters. The quantitative estimate of drug-likeness (QED) is 0.827. The zero-order chi connectivity index (χ0) is 13.8. The van der Waals surface area contributed by atoms with Gasteiger partial charge in [0.1, 0.15) is 5.82 Å². The molecule has 0 saturated heterocycles. The van der Waals surface area contributed by atoms with Gasteiger partial charge in [-0.25, -0.2) is 17.5 Å². The van der Waals surface area contributed by atoms with Crippen molar-refractivity contribution in [1.29, 1.82) is 0 Å². The summed E-state index contributed by atoms with van der Waals surface area (Å²) in [5.74, 6) is -0.611. The molecule has 18 heavy (non-hydrogen) atoms. The van der Waals surface area contributed by atoms with E-state index >= 15 is 0 Å². The smallest absolute Gasteiger partial charge is 0.240 e. The van der Waals surface area contributed by atoms with E-state index in [1.807, 2.05) is 13.8 Å². The monoisotopic (exact) mass is 275 g/mol. The van der Waals surface area contributed by atoms with Gasteiger partial charge in [-0.2, -0.15) is 0 Å². The van der Waals surface area contributed by atoms with E-state index in [4.69, 9.17) is 0 Å². The molecular weight excluding hydrogens is 257 g/mol. The zero-order valence-electron chi connectivity index (χ0n) is 10.4. The first kappa shape index (κ1) is 15.1. The van der Waals surface area contributed by atoms with Crippen molar-refractivity contribution in [3.8, 4) is 0 Å². The molecule has 4 nitrogen and oxygen atoms in total. The predicted octanol–water partition coefficient (Wildman–Crippen LogP) is 1.51. The molecule has 2 atom stereocenters. The summed E-state index contributed by atoms with van der Waals surface area (Å²) in [6, 6.07) is 4.75. The minimum Gasteiger partial charge on any atom is -0.391 e. The summed E-state index contributed by atoms with van der Waals surface area (Å²) in [4.78, 5) is -0.140. The number of aliphatic hydroxyl groups is 1. The maximum Gasteiger partial charge on any atom is 0.240 e. The van der Waals surface area contributed by atoms with E-state index in [1.165, 1.54) is 18.2 Å². The average Bonchev–Trinajstić information content (AvgIpc) is 2.35. The van der Waals surface area contributed by atoms with E-state index < -0.39 is 21.9 Å². The minimum absolute atomic E-state index is 0.000194. The number of hydrogen-bond donors (Lipinski definition) is 2. The van der Waals surface area contributed by atoms with Crippen LogP contribution in [0.1, 0.15) is 20.3 Å². The number of halogens is 1. The Kier molecular flexibility index (Phi) is 5.25. The number of nitrogens with one attached hydrogen (secondary N) is 1. The molecule has 2 N–H and O–H groups in total. The van der Waals surface area contributed by atoms with Crippen LogP contribution in [0.15, 0.2) is 29.2 Å². The average molecular weight is 275 g/mol. The number of hydrogen-bond acceptors (Lipinski definition) is 3. The third-order valence-corrected chi connectivity index (χ3v) is 4.31. The molecule has 0 aliphatic rings. The van der Waals surface area contributed by atoms with Crippen molar-refractivity contribution in [3.63, 3.8) is 0 Å². The Morgan fingerprint density at radius 3 is 2.67 bits per heavy atom. The Morgan fingerprint density at radius 1 is 1.44 bits per heavy atom. The highest BCUT2D eigenvalue weighted by atomic mass is 32.2. The van der Waals surface area contributed by atoms with Gasteiger partial charge in [-0.1, -0.05) is 26.3 Å². The molecule has 6 heteroatoms. The molecule has 0 fully saturated rings. The van der Waals surface area contributed by atoms with E-state index in [-0.39, 0.29) is 17.4 Å². The van der Waals surface area contributed by atoms with E-state index in [0.717, 1.165) is 12.5 Å². The van der Waals surface area contributed by atoms with Gasteiger partial charge in [-0.3, -0.25) is 0 Å². The Bertz CT molecular complexity index is 490. The van der Waals surface area contributed by atoms with E-state index in [9.17, 15) is 17.9 Å². The topological polar surface area (TPSA) is 66.4 Å². The van der Waals surface area contributed by atoms with Crippen molar-refractivity contribution in [2.75, 3.05) is 6.54 Å². The molecule has 0 aromatic heterocycles. The first-order chi connectivity index (χ1) is 8.36. The van der Waals surface area contributed by atoms with Crippen LogP contribution in [0.4, 0.5) is 4.39 Å². The van der Waals surface area contributed by atoms with Gasteiger partial charge >= 0.3 is 0 Å². The molecule has 1 rings (SSSR count). The molecule has 102 valence electrons. The second kappa shape index (κ2) is 6.26. The second-order valence-corrected chi connectivity index (χ2v) is 6.03. The van der Waals surface area contributed by atoms with Crippen LogP contribution < -0.4 is 4.72 Å². The fourth-order valence-corrected chi connectivity index (χ4v) is 2.47. The highest BCUT2D eigenvalue weighted by molar-refractivity contribution is 7.89. The van der Waals surface area contributed by atoms with Gasteiger partial charge in [0.25, 0.3) is 0 Å². The Balaban J connectivity index is 2.72. The number of rotatable bonds is 6. The highest BCUT2D eigenvalue weighted by Gasteiger charge is 2.18. The van der Waals surface area contributed by atoms with Crippen molar-refractivity contribution in [2.24, 2.45) is 5.92 Å². The summed E-state index contributed by atoms with van der Waals surface area (Å²) in [7, 11) is -3.77. The molecule has 0 aliphatic carbocycles. The van der Waals surface area contributed by atoms with E-state index in [0.29, 0.717) is 0 Å². The third kappa shape index (κ3) is 4.04. The van der Waals surface area contributed by atoms with Gasteiger partial charge in [0.2, 0.25) is 10.0 Å². The first-order valence-corrected chi connectivity index (χ1v) is 7.28. The molecular formula is C12H18FNO3S. The Hall–Kier alpha value is -0.980. The SMILES string of the molecule is CCC(C)C(O)CNS(=O)(=O)c1cccc(F)c1. The van der Waals surface area contributed by atoms with Crippen LogP contribution in [0.25, 0.3) is 0 Å². The van der Waals surface area contributed by atoms with Gasteiger partial charge in [-0.15, -0.1) is 0 Å². The van der Waals surface area contributed by atoms with Gasteiger partial charge < -0.3 is 5.11 Å². The van der Waals surface area contributed by atoms with Crippen LogP contribution in [0, 0.1) is 11.7 Å². The van der Waals surface area contributed by atoms with Crippen molar-refractivity contribution >= 4 is 10.0 Å². The van der Waals surface area contributed by atoms with Crippen molar-refractivity contribution < 1.29 is 17.9 Å². The van der Waals surface area contributed by atoms with Crippen LogP contribution in [0.3, 0.4) is 0 Å². The normalized spacial score (nSPS) is 15.3. The van der Waals surface area contributed by atoms with Crippen LogP contribution in [-0.4, -0.2) is 26.2 Å². The molecule has 1 aromatic rings. The Labute approximate surface area is 107 Å². The maximum absolute atomic E-state index is 12.9. The van der Waals surface area contributed by atoms with Gasteiger partial charge in [0.15, 0.2) is 0 Å². The standard InChI is InChI=1S/C12H18FNO3S/c1-3-9(2)12(15)8-14-18(16,17)11-6-4-5-10(13)7-11/h4-7,9,12,14-15H,3,8H2,1-2H3. The Morgan fingerprint density at radius 2 is 2.11 bits per heavy atom. The summed E-state index contributed by atoms with van der Waals surface area (Å²) in [6.07, 6.45) is 0.00129. The lowest BCUT2D eigenvalue weighted by Crippen LogP contribution is -2.35. The number of aliphatic hydroxyl groups excluding tert-OH is 1. The van der Waals surface area contributed by atoms with Crippen LogP contribution in [0.5, 0.6) is 0 Å². The van der Waals surface area contributed by atoms with E-state index in [1.54, 1.807) is 0 Å². The molecule has 0 spiro atoms. The number of benzene rings is 1. The lowest BCUT2D eigenvalue weighted by Gasteiger charge is -2.17. The van der Waals surface area contributed by atoms with Gasteiger partial charge in [0, 0.05) is 6.54 Å². The summed E-state index contributed by atoms with van der Waals surface area (Å²) in [5, 5.41) is 9.68. The lowest BCUT2D eigenvalue weighted by atomic mass is 10.0. The van der Waals surface area contributed by atoms with Gasteiger partial charge in [-0.05, 0) is 24.1 Å². The summed E-state index contributed by atoms with van der Waals surface area (Å²) in [5.41, 5.74) is 0. The fourth-order valence-electron chi connectivity index (χ4n) is 1.39. The maximum atomic E-state index is 12.9. The van der Waals surface area contributed by atoms with Crippen LogP contribution >= 0.6 is 0 Å². The van der Waals surface area contributed by atoms with Crippen molar-refractivity contribution in [2.45, 2.75) is 31.3 Å². The summed E-state index contributed by atoms with van der Waals surface area (Å²) >= 11 is 0. The molecule has 0 bridgehead atoms. The fraction of sp³-hybridized carbons (Fsp3) is 0.500. The third-order valence-electron chi connectivity index (χ3n) is 2.89. The van der Waals surface area contributed by atoms with Crippen LogP contribution in [0.2, 0.25) is 0 Å². The van der Waals surface area contributed by atoms with Gasteiger partial charge in [0.05, 0.1) is 11.0 Å². The molecule has 0 heterocycles. The molecule has 1 aromatic carbocycles. The largest absolute Gasteiger partial charge is 0.391 e.